The highest BCUT2D eigenvalue weighted by Gasteiger charge is 2.18. The van der Waals surface area contributed by atoms with E-state index in [9.17, 15) is 15.0 Å². The summed E-state index contributed by atoms with van der Waals surface area (Å²) in [6.07, 6.45) is 3.30. The SMILES string of the molecule is C=C(C(=O)O)c1cc(CCCC)c(O)c2c(Cc3ccccc3)cccc12. The van der Waals surface area contributed by atoms with Crippen molar-refractivity contribution in [1.29, 1.82) is 0 Å². The van der Waals surface area contributed by atoms with Gasteiger partial charge in [-0.15, -0.1) is 0 Å². The molecule has 3 aromatic rings. The quantitative estimate of drug-likeness (QED) is 0.541. The molecule has 3 rings (SSSR count). The number of unbranched alkanes of at least 4 members (excludes halogenated alkanes) is 1. The third-order valence-corrected chi connectivity index (χ3v) is 4.92. The Balaban J connectivity index is 2.24. The molecule has 0 fully saturated rings. The number of hydrogen-bond donors (Lipinski definition) is 2. The Morgan fingerprint density at radius 1 is 1.04 bits per heavy atom. The van der Waals surface area contributed by atoms with Gasteiger partial charge in [-0.2, -0.15) is 0 Å². The van der Waals surface area contributed by atoms with Gasteiger partial charge >= 0.3 is 5.97 Å². The zero-order valence-electron chi connectivity index (χ0n) is 15.5. The lowest BCUT2D eigenvalue weighted by Crippen LogP contribution is -2.02. The number of carboxylic acids is 1. The van der Waals surface area contributed by atoms with Gasteiger partial charge in [0.1, 0.15) is 5.75 Å². The molecule has 0 saturated carbocycles. The summed E-state index contributed by atoms with van der Waals surface area (Å²) in [5, 5.41) is 21.9. The van der Waals surface area contributed by atoms with E-state index in [-0.39, 0.29) is 11.3 Å². The van der Waals surface area contributed by atoms with Crippen LogP contribution in [0, 0.1) is 0 Å². The minimum Gasteiger partial charge on any atom is -0.507 e. The highest BCUT2D eigenvalue weighted by atomic mass is 16.4. The van der Waals surface area contributed by atoms with Crippen molar-refractivity contribution in [2.45, 2.75) is 32.6 Å². The molecule has 3 heteroatoms. The number of hydrogen-bond acceptors (Lipinski definition) is 2. The molecule has 0 aliphatic carbocycles. The van der Waals surface area contributed by atoms with Gasteiger partial charge in [0.05, 0.1) is 5.57 Å². The first-order chi connectivity index (χ1) is 13.0. The molecule has 0 unspecified atom stereocenters. The van der Waals surface area contributed by atoms with Gasteiger partial charge in [-0.1, -0.05) is 68.5 Å². The minimum absolute atomic E-state index is 0.0506. The van der Waals surface area contributed by atoms with Gasteiger partial charge < -0.3 is 10.2 Å². The summed E-state index contributed by atoms with van der Waals surface area (Å²) < 4.78 is 0. The lowest BCUT2D eigenvalue weighted by atomic mass is 9.89. The summed E-state index contributed by atoms with van der Waals surface area (Å²) >= 11 is 0. The Labute approximate surface area is 159 Å². The smallest absolute Gasteiger partial charge is 0.335 e. The molecule has 0 bridgehead atoms. The van der Waals surface area contributed by atoms with Crippen LogP contribution in [0.15, 0.2) is 61.2 Å². The molecule has 0 spiro atoms. The first kappa shape index (κ1) is 18.7. The molecular formula is C24H24O3. The van der Waals surface area contributed by atoms with Crippen molar-refractivity contribution in [2.24, 2.45) is 0 Å². The van der Waals surface area contributed by atoms with E-state index in [1.165, 1.54) is 0 Å². The van der Waals surface area contributed by atoms with Crippen molar-refractivity contribution in [1.82, 2.24) is 0 Å². The van der Waals surface area contributed by atoms with Crippen LogP contribution in [0.3, 0.4) is 0 Å². The molecule has 0 aliphatic rings. The van der Waals surface area contributed by atoms with Crippen LogP contribution < -0.4 is 0 Å². The summed E-state index contributed by atoms with van der Waals surface area (Å²) in [4.78, 5) is 11.6. The molecule has 0 aromatic heterocycles. The largest absolute Gasteiger partial charge is 0.507 e. The molecule has 0 aliphatic heterocycles. The molecule has 27 heavy (non-hydrogen) atoms. The van der Waals surface area contributed by atoms with Gasteiger partial charge in [0.15, 0.2) is 0 Å². The molecule has 0 atom stereocenters. The summed E-state index contributed by atoms with van der Waals surface area (Å²) in [6.45, 7) is 5.85. The van der Waals surface area contributed by atoms with Crippen LogP contribution in [0.4, 0.5) is 0 Å². The van der Waals surface area contributed by atoms with Crippen LogP contribution in [0.2, 0.25) is 0 Å². The number of carbonyl (C=O) groups is 1. The van der Waals surface area contributed by atoms with Crippen LogP contribution in [0.1, 0.15) is 42.0 Å². The summed E-state index contributed by atoms with van der Waals surface area (Å²) in [7, 11) is 0. The number of phenolic OH excluding ortho intramolecular Hbond substituents is 1. The molecule has 0 saturated heterocycles. The standard InChI is InChI=1S/C24H24O3/c1-3-4-11-19-15-21(16(2)24(26)27)20-13-8-12-18(22(20)23(19)25)14-17-9-6-5-7-10-17/h5-10,12-13,15,25H,2-4,11,14H2,1H3,(H,26,27). The zero-order chi connectivity index (χ0) is 19.4. The first-order valence-electron chi connectivity index (χ1n) is 9.25. The first-order valence-corrected chi connectivity index (χ1v) is 9.25. The molecule has 2 N–H and O–H groups in total. The van der Waals surface area contributed by atoms with Crippen molar-refractivity contribution in [3.63, 3.8) is 0 Å². The predicted octanol–water partition coefficient (Wildman–Crippen LogP) is 5.58. The highest BCUT2D eigenvalue weighted by Crippen LogP contribution is 2.38. The van der Waals surface area contributed by atoms with E-state index in [1.54, 1.807) is 6.07 Å². The average molecular weight is 360 g/mol. The molecule has 3 aromatic carbocycles. The Bertz CT molecular complexity index is 987. The second-order valence-electron chi connectivity index (χ2n) is 6.82. The summed E-state index contributed by atoms with van der Waals surface area (Å²) in [5.74, 6) is -0.788. The van der Waals surface area contributed by atoms with Gasteiger partial charge in [0, 0.05) is 5.39 Å². The van der Waals surface area contributed by atoms with Crippen molar-refractivity contribution < 1.29 is 15.0 Å². The zero-order valence-corrected chi connectivity index (χ0v) is 15.5. The normalized spacial score (nSPS) is 10.9. The third-order valence-electron chi connectivity index (χ3n) is 4.92. The van der Waals surface area contributed by atoms with Crippen LogP contribution in [-0.2, 0) is 17.6 Å². The fourth-order valence-electron chi connectivity index (χ4n) is 3.47. The van der Waals surface area contributed by atoms with Gasteiger partial charge in [-0.05, 0) is 53.0 Å². The van der Waals surface area contributed by atoms with Crippen molar-refractivity contribution in [3.8, 4) is 5.75 Å². The maximum Gasteiger partial charge on any atom is 0.335 e. The molecular weight excluding hydrogens is 336 g/mol. The van der Waals surface area contributed by atoms with Crippen molar-refractivity contribution >= 4 is 22.3 Å². The van der Waals surface area contributed by atoms with E-state index in [1.807, 2.05) is 48.5 Å². The lowest BCUT2D eigenvalue weighted by Gasteiger charge is -2.16. The third kappa shape index (κ3) is 3.87. The van der Waals surface area contributed by atoms with E-state index in [4.69, 9.17) is 0 Å². The molecule has 0 amide bonds. The van der Waals surface area contributed by atoms with Gasteiger partial charge in [0.2, 0.25) is 0 Å². The Kier molecular flexibility index (Phi) is 5.60. The van der Waals surface area contributed by atoms with Gasteiger partial charge in [-0.25, -0.2) is 4.79 Å². The molecule has 3 nitrogen and oxygen atoms in total. The molecule has 0 heterocycles. The molecule has 0 radical (unpaired) electrons. The second-order valence-corrected chi connectivity index (χ2v) is 6.82. The van der Waals surface area contributed by atoms with Gasteiger partial charge in [0.25, 0.3) is 0 Å². The number of carboxylic acid groups (broad SMARTS) is 1. The summed E-state index contributed by atoms with van der Waals surface area (Å²) in [5.41, 5.74) is 3.53. The number of rotatable bonds is 7. The van der Waals surface area contributed by atoms with E-state index >= 15 is 0 Å². The number of benzene rings is 3. The number of aliphatic carboxylic acids is 1. The Hall–Kier alpha value is -3.07. The summed E-state index contributed by atoms with van der Waals surface area (Å²) in [6, 6.07) is 17.6. The van der Waals surface area contributed by atoms with Crippen LogP contribution >= 0.6 is 0 Å². The average Bonchev–Trinajstić information content (AvgIpc) is 2.67. The van der Waals surface area contributed by atoms with Gasteiger partial charge in [-0.3, -0.25) is 0 Å². The minimum atomic E-state index is -1.04. The second kappa shape index (κ2) is 8.09. The van der Waals surface area contributed by atoms with Crippen molar-refractivity contribution in [2.75, 3.05) is 0 Å². The number of aromatic hydroxyl groups is 1. The predicted molar refractivity (Wildman–Crippen MR) is 110 cm³/mol. The maximum atomic E-state index is 11.6. The van der Waals surface area contributed by atoms with E-state index in [0.29, 0.717) is 18.4 Å². The number of fused-ring (bicyclic) bond motifs is 1. The lowest BCUT2D eigenvalue weighted by molar-refractivity contribution is -0.130. The van der Waals surface area contributed by atoms with Crippen LogP contribution in [0.5, 0.6) is 5.75 Å². The monoisotopic (exact) mass is 360 g/mol. The fraction of sp³-hybridized carbons (Fsp3) is 0.208. The highest BCUT2D eigenvalue weighted by molar-refractivity contribution is 6.19. The fourth-order valence-corrected chi connectivity index (χ4v) is 3.47. The van der Waals surface area contributed by atoms with Crippen molar-refractivity contribution in [3.05, 3.63) is 83.4 Å². The molecule has 138 valence electrons. The van der Waals surface area contributed by atoms with E-state index < -0.39 is 5.97 Å². The van der Waals surface area contributed by atoms with Crippen LogP contribution in [0.25, 0.3) is 16.3 Å². The van der Waals surface area contributed by atoms with E-state index in [2.05, 4.69) is 13.5 Å². The van der Waals surface area contributed by atoms with E-state index in [0.717, 1.165) is 40.3 Å². The number of phenols is 1. The topological polar surface area (TPSA) is 57.5 Å². The maximum absolute atomic E-state index is 11.6. The van der Waals surface area contributed by atoms with Crippen LogP contribution in [-0.4, -0.2) is 16.2 Å². The Morgan fingerprint density at radius 3 is 2.44 bits per heavy atom. The Morgan fingerprint density at radius 2 is 1.78 bits per heavy atom. The number of aryl methyl sites for hydroxylation is 1.